The second-order valence-electron chi connectivity index (χ2n) is 3.37. The van der Waals surface area contributed by atoms with E-state index in [2.05, 4.69) is 15.3 Å². The Morgan fingerprint density at radius 1 is 1.22 bits per heavy atom. The van der Waals surface area contributed by atoms with Crippen LogP contribution in [0.15, 0.2) is 24.5 Å². The number of nitrogens with two attached hydrogens (primary N) is 1. The smallest absolute Gasteiger partial charge is 0.242 e. The quantitative estimate of drug-likeness (QED) is 0.875. The van der Waals surface area contributed by atoms with E-state index in [1.54, 1.807) is 0 Å². The van der Waals surface area contributed by atoms with Gasteiger partial charge in [-0.2, -0.15) is 4.98 Å². The van der Waals surface area contributed by atoms with Crippen molar-refractivity contribution in [3.8, 4) is 5.88 Å². The Kier molecular flexibility index (Phi) is 3.22. The molecule has 0 fully saturated rings. The number of nitrogens with zero attached hydrogens (tertiary/aromatic N) is 2. The number of anilines is 3. The summed E-state index contributed by atoms with van der Waals surface area (Å²) in [5.41, 5.74) is 5.43. The summed E-state index contributed by atoms with van der Waals surface area (Å²) in [4.78, 5) is 7.56. The van der Waals surface area contributed by atoms with Gasteiger partial charge in [0, 0.05) is 0 Å². The van der Waals surface area contributed by atoms with E-state index in [1.807, 2.05) is 0 Å². The maximum atomic E-state index is 13.4. The van der Waals surface area contributed by atoms with Crippen molar-refractivity contribution in [2.45, 2.75) is 0 Å². The zero-order valence-electron chi connectivity index (χ0n) is 9.45. The van der Waals surface area contributed by atoms with Crippen LogP contribution in [0.4, 0.5) is 26.0 Å². The maximum absolute atomic E-state index is 13.4. The number of aromatic nitrogens is 2. The maximum Gasteiger partial charge on any atom is 0.242 e. The highest BCUT2D eigenvalue weighted by molar-refractivity contribution is 5.72. The summed E-state index contributed by atoms with van der Waals surface area (Å²) in [6.07, 6.45) is 1.18. The number of hydrogen-bond donors (Lipinski definition) is 2. The summed E-state index contributed by atoms with van der Waals surface area (Å²) >= 11 is 0. The number of methoxy groups -OCH3 is 1. The monoisotopic (exact) mass is 252 g/mol. The van der Waals surface area contributed by atoms with Crippen LogP contribution in [0.5, 0.6) is 5.88 Å². The van der Waals surface area contributed by atoms with E-state index < -0.39 is 11.6 Å². The minimum absolute atomic E-state index is 0.0719. The Bertz CT molecular complexity index is 557. The summed E-state index contributed by atoms with van der Waals surface area (Å²) in [6.45, 7) is 0. The van der Waals surface area contributed by atoms with E-state index >= 15 is 0 Å². The third-order valence-electron chi connectivity index (χ3n) is 2.25. The molecule has 0 spiro atoms. The van der Waals surface area contributed by atoms with Gasteiger partial charge in [0.2, 0.25) is 5.88 Å². The van der Waals surface area contributed by atoms with Crippen molar-refractivity contribution in [1.82, 2.24) is 9.97 Å². The first-order valence-electron chi connectivity index (χ1n) is 4.99. The Hall–Kier alpha value is -2.44. The predicted molar refractivity (Wildman–Crippen MR) is 62.6 cm³/mol. The number of hydrogen-bond acceptors (Lipinski definition) is 5. The van der Waals surface area contributed by atoms with Gasteiger partial charge >= 0.3 is 0 Å². The van der Waals surface area contributed by atoms with Gasteiger partial charge in [-0.3, -0.25) is 0 Å². The molecule has 1 aromatic carbocycles. The Labute approximate surface area is 102 Å². The van der Waals surface area contributed by atoms with Gasteiger partial charge in [0.1, 0.15) is 29.3 Å². The molecule has 0 saturated heterocycles. The van der Waals surface area contributed by atoms with E-state index in [0.29, 0.717) is 0 Å². The zero-order chi connectivity index (χ0) is 13.1. The Balaban J connectivity index is 2.40. The van der Waals surface area contributed by atoms with Crippen molar-refractivity contribution >= 4 is 17.2 Å². The average molecular weight is 252 g/mol. The lowest BCUT2D eigenvalue weighted by Gasteiger charge is -2.11. The van der Waals surface area contributed by atoms with E-state index in [-0.39, 0.29) is 23.1 Å². The molecule has 18 heavy (non-hydrogen) atoms. The van der Waals surface area contributed by atoms with Gasteiger partial charge in [-0.05, 0) is 12.1 Å². The van der Waals surface area contributed by atoms with Crippen LogP contribution in [0.2, 0.25) is 0 Å². The van der Waals surface area contributed by atoms with Crippen LogP contribution in [-0.4, -0.2) is 17.1 Å². The molecule has 5 nitrogen and oxygen atoms in total. The minimum atomic E-state index is -0.744. The summed E-state index contributed by atoms with van der Waals surface area (Å²) in [5, 5.41) is 2.48. The van der Waals surface area contributed by atoms with Crippen LogP contribution >= 0.6 is 0 Å². The van der Waals surface area contributed by atoms with Gasteiger partial charge in [-0.25, -0.2) is 13.8 Å². The largest absolute Gasteiger partial charge is 0.479 e. The molecule has 0 aliphatic heterocycles. The van der Waals surface area contributed by atoms with Crippen LogP contribution in [0, 0.1) is 11.6 Å². The molecule has 0 amide bonds. The van der Waals surface area contributed by atoms with Crippen LogP contribution in [-0.2, 0) is 0 Å². The fourth-order valence-corrected chi connectivity index (χ4v) is 1.38. The van der Waals surface area contributed by atoms with Crippen molar-refractivity contribution < 1.29 is 13.5 Å². The second kappa shape index (κ2) is 4.82. The molecule has 1 aromatic heterocycles. The van der Waals surface area contributed by atoms with Gasteiger partial charge in [-0.1, -0.05) is 6.07 Å². The molecule has 0 aliphatic carbocycles. The lowest BCUT2D eigenvalue weighted by molar-refractivity contribution is 0.399. The molecular formula is C11H10F2N4O. The average Bonchev–Trinajstić information content (AvgIpc) is 2.36. The van der Waals surface area contributed by atoms with Gasteiger partial charge in [-0.15, -0.1) is 0 Å². The molecule has 0 aliphatic rings. The molecule has 0 atom stereocenters. The van der Waals surface area contributed by atoms with E-state index in [9.17, 15) is 8.78 Å². The van der Waals surface area contributed by atoms with E-state index in [4.69, 9.17) is 10.5 Å². The third-order valence-corrected chi connectivity index (χ3v) is 2.25. The van der Waals surface area contributed by atoms with Gasteiger partial charge in [0.25, 0.3) is 0 Å². The fourth-order valence-electron chi connectivity index (χ4n) is 1.38. The van der Waals surface area contributed by atoms with Crippen molar-refractivity contribution in [3.05, 3.63) is 36.2 Å². The molecule has 0 radical (unpaired) electrons. The molecule has 0 unspecified atom stereocenters. The first kappa shape index (κ1) is 12.0. The standard InChI is InChI=1S/C11H10F2N4O/c1-18-11-8(14)10(15-5-16-11)17-9-6(12)3-2-4-7(9)13/h2-5H,14H2,1H3,(H,15,16,17). The number of ether oxygens (including phenoxy) is 1. The number of para-hydroxylation sites is 1. The summed E-state index contributed by atoms with van der Waals surface area (Å²) in [6, 6.07) is 3.51. The number of nitrogen functional groups attached to an aromatic ring is 1. The molecule has 1 heterocycles. The Morgan fingerprint density at radius 2 is 1.89 bits per heavy atom. The molecule has 7 heteroatoms. The highest BCUT2D eigenvalue weighted by atomic mass is 19.1. The lowest BCUT2D eigenvalue weighted by atomic mass is 10.3. The topological polar surface area (TPSA) is 73.1 Å². The Morgan fingerprint density at radius 3 is 2.50 bits per heavy atom. The minimum Gasteiger partial charge on any atom is -0.479 e. The molecule has 0 saturated carbocycles. The highest BCUT2D eigenvalue weighted by Crippen LogP contribution is 2.29. The molecule has 0 bridgehead atoms. The van der Waals surface area contributed by atoms with E-state index in [0.717, 1.165) is 12.1 Å². The van der Waals surface area contributed by atoms with Gasteiger partial charge in [0.05, 0.1) is 7.11 Å². The van der Waals surface area contributed by atoms with Crippen molar-refractivity contribution in [2.24, 2.45) is 0 Å². The lowest BCUT2D eigenvalue weighted by Crippen LogP contribution is -2.05. The molecule has 3 N–H and O–H groups in total. The molecule has 94 valence electrons. The molecule has 2 aromatic rings. The summed E-state index contributed by atoms with van der Waals surface area (Å²) in [5.74, 6) is -1.28. The van der Waals surface area contributed by atoms with Crippen molar-refractivity contribution in [1.29, 1.82) is 0 Å². The second-order valence-corrected chi connectivity index (χ2v) is 3.37. The predicted octanol–water partition coefficient (Wildman–Crippen LogP) is 2.09. The summed E-state index contributed by atoms with van der Waals surface area (Å²) < 4.78 is 31.7. The van der Waals surface area contributed by atoms with Crippen LogP contribution in [0.25, 0.3) is 0 Å². The number of nitrogens with one attached hydrogen (secondary N) is 1. The van der Waals surface area contributed by atoms with Crippen LogP contribution in [0.1, 0.15) is 0 Å². The zero-order valence-corrected chi connectivity index (χ0v) is 9.45. The molecule has 2 rings (SSSR count). The first-order chi connectivity index (χ1) is 8.63. The first-order valence-corrected chi connectivity index (χ1v) is 4.99. The number of rotatable bonds is 3. The van der Waals surface area contributed by atoms with Gasteiger partial charge < -0.3 is 15.8 Å². The summed E-state index contributed by atoms with van der Waals surface area (Å²) in [7, 11) is 1.38. The number of halogens is 2. The SMILES string of the molecule is COc1ncnc(Nc2c(F)cccc2F)c1N. The van der Waals surface area contributed by atoms with Crippen molar-refractivity contribution in [2.75, 3.05) is 18.2 Å². The van der Waals surface area contributed by atoms with Crippen LogP contribution in [0.3, 0.4) is 0 Å². The van der Waals surface area contributed by atoms with Crippen molar-refractivity contribution in [3.63, 3.8) is 0 Å². The van der Waals surface area contributed by atoms with Crippen LogP contribution < -0.4 is 15.8 Å². The highest BCUT2D eigenvalue weighted by Gasteiger charge is 2.13. The third kappa shape index (κ3) is 2.15. The normalized spacial score (nSPS) is 10.2. The van der Waals surface area contributed by atoms with Gasteiger partial charge in [0.15, 0.2) is 5.82 Å². The molecular weight excluding hydrogens is 242 g/mol. The van der Waals surface area contributed by atoms with E-state index in [1.165, 1.54) is 19.5 Å². The fraction of sp³-hybridized carbons (Fsp3) is 0.0909. The number of benzene rings is 1.